The lowest BCUT2D eigenvalue weighted by molar-refractivity contribution is 0.102. The predicted molar refractivity (Wildman–Crippen MR) is 102 cm³/mol. The summed E-state index contributed by atoms with van der Waals surface area (Å²) in [4.78, 5) is 26.8. The van der Waals surface area contributed by atoms with Crippen LogP contribution >= 0.6 is 0 Å². The van der Waals surface area contributed by atoms with Gasteiger partial charge in [0.25, 0.3) is 5.91 Å². The van der Waals surface area contributed by atoms with E-state index in [0.717, 1.165) is 13.0 Å². The van der Waals surface area contributed by atoms with E-state index < -0.39 is 0 Å². The number of carbonyl (C=O) groups excluding carboxylic acids is 1. The number of likely N-dealkylation sites (N-methyl/N-ethyl adjacent to an activating group) is 1. The smallest absolute Gasteiger partial charge is 0.258 e. The number of nitrogens with zero attached hydrogens (tertiary/aromatic N) is 5. The van der Waals surface area contributed by atoms with Gasteiger partial charge in [-0.3, -0.25) is 9.78 Å². The van der Waals surface area contributed by atoms with Gasteiger partial charge in [-0.2, -0.15) is 5.26 Å². The lowest BCUT2D eigenvalue weighted by atomic mass is 10.2. The van der Waals surface area contributed by atoms with E-state index in [9.17, 15) is 4.79 Å². The van der Waals surface area contributed by atoms with Gasteiger partial charge in [0.05, 0.1) is 16.8 Å². The molecule has 0 aliphatic heterocycles. The Morgan fingerprint density at radius 1 is 1.15 bits per heavy atom. The zero-order valence-electron chi connectivity index (χ0n) is 14.8. The molecular weight excluding hydrogens is 340 g/mol. The summed E-state index contributed by atoms with van der Waals surface area (Å²) in [5.74, 6) is 0.182. The summed E-state index contributed by atoms with van der Waals surface area (Å²) in [6.07, 6.45) is 7.34. The molecule has 0 spiro atoms. The first-order valence-electron chi connectivity index (χ1n) is 8.40. The second-order valence-electron chi connectivity index (χ2n) is 5.91. The van der Waals surface area contributed by atoms with E-state index in [1.807, 2.05) is 30.1 Å². The Labute approximate surface area is 157 Å². The molecule has 134 valence electrons. The highest BCUT2D eigenvalue weighted by Gasteiger charge is 2.11. The molecule has 0 unspecified atom stereocenters. The normalized spacial score (nSPS) is 10.1. The van der Waals surface area contributed by atoms with Crippen LogP contribution in [0, 0.1) is 11.3 Å². The molecule has 1 amide bonds. The van der Waals surface area contributed by atoms with Gasteiger partial charge in [0.1, 0.15) is 6.07 Å². The molecule has 0 saturated carbocycles. The van der Waals surface area contributed by atoms with Crippen LogP contribution in [0.4, 0.5) is 11.6 Å². The van der Waals surface area contributed by atoms with Crippen molar-refractivity contribution in [3.63, 3.8) is 0 Å². The maximum Gasteiger partial charge on any atom is 0.258 e. The molecule has 1 aromatic carbocycles. The van der Waals surface area contributed by atoms with Gasteiger partial charge in [-0.05, 0) is 36.2 Å². The molecule has 7 nitrogen and oxygen atoms in total. The fourth-order valence-electron chi connectivity index (χ4n) is 2.47. The molecule has 0 atom stereocenters. The van der Waals surface area contributed by atoms with E-state index >= 15 is 0 Å². The van der Waals surface area contributed by atoms with Gasteiger partial charge in [0.15, 0.2) is 0 Å². The number of nitriles is 1. The van der Waals surface area contributed by atoms with Gasteiger partial charge in [-0.15, -0.1) is 0 Å². The molecular formula is C20H18N6O. The van der Waals surface area contributed by atoms with Crippen molar-refractivity contribution in [1.29, 1.82) is 5.26 Å². The van der Waals surface area contributed by atoms with Crippen molar-refractivity contribution in [2.24, 2.45) is 0 Å². The molecule has 27 heavy (non-hydrogen) atoms. The van der Waals surface area contributed by atoms with Gasteiger partial charge in [-0.1, -0.05) is 12.1 Å². The number of anilines is 2. The third kappa shape index (κ3) is 4.64. The molecule has 0 bridgehead atoms. The fraction of sp³-hybridized carbons (Fsp3) is 0.150. The lowest BCUT2D eigenvalue weighted by Gasteiger charge is -2.17. The minimum atomic E-state index is -0.358. The topological polar surface area (TPSA) is 94.8 Å². The number of nitrogens with one attached hydrogen (secondary N) is 1. The highest BCUT2D eigenvalue weighted by Crippen LogP contribution is 2.15. The summed E-state index contributed by atoms with van der Waals surface area (Å²) in [5.41, 5.74) is 2.38. The number of aromatic nitrogens is 3. The zero-order valence-corrected chi connectivity index (χ0v) is 14.8. The van der Waals surface area contributed by atoms with Crippen molar-refractivity contribution in [1.82, 2.24) is 15.0 Å². The Hall–Kier alpha value is -3.79. The third-order valence-electron chi connectivity index (χ3n) is 4.02. The van der Waals surface area contributed by atoms with E-state index in [1.165, 1.54) is 18.0 Å². The van der Waals surface area contributed by atoms with Crippen LogP contribution in [-0.4, -0.2) is 34.5 Å². The van der Waals surface area contributed by atoms with Crippen molar-refractivity contribution in [2.45, 2.75) is 6.42 Å². The molecule has 2 aromatic heterocycles. The predicted octanol–water partition coefficient (Wildman–Crippen LogP) is 2.67. The summed E-state index contributed by atoms with van der Waals surface area (Å²) in [6, 6.07) is 12.8. The minimum absolute atomic E-state index is 0.328. The highest BCUT2D eigenvalue weighted by atomic mass is 16.1. The number of carbonyl (C=O) groups is 1. The number of hydrogen-bond donors (Lipinski definition) is 1. The maximum absolute atomic E-state index is 12.4. The number of hydrogen-bond acceptors (Lipinski definition) is 6. The van der Waals surface area contributed by atoms with Crippen LogP contribution in [0.3, 0.4) is 0 Å². The van der Waals surface area contributed by atoms with Crippen molar-refractivity contribution in [3.8, 4) is 6.07 Å². The largest absolute Gasteiger partial charge is 0.344 e. The van der Waals surface area contributed by atoms with Crippen LogP contribution in [0.5, 0.6) is 0 Å². The highest BCUT2D eigenvalue weighted by molar-refractivity contribution is 6.04. The summed E-state index contributed by atoms with van der Waals surface area (Å²) >= 11 is 0. The Morgan fingerprint density at radius 3 is 2.56 bits per heavy atom. The number of para-hydroxylation sites is 1. The average molecular weight is 358 g/mol. The molecule has 0 fully saturated rings. The van der Waals surface area contributed by atoms with E-state index in [1.54, 1.807) is 36.7 Å². The van der Waals surface area contributed by atoms with Gasteiger partial charge >= 0.3 is 0 Å². The van der Waals surface area contributed by atoms with Crippen LogP contribution in [0.2, 0.25) is 0 Å². The second kappa shape index (κ2) is 8.54. The third-order valence-corrected chi connectivity index (χ3v) is 4.02. The Kier molecular flexibility index (Phi) is 5.70. The Bertz CT molecular complexity index is 950. The number of amides is 1. The first-order valence-corrected chi connectivity index (χ1v) is 8.40. The van der Waals surface area contributed by atoms with Gasteiger partial charge in [0, 0.05) is 38.4 Å². The van der Waals surface area contributed by atoms with Crippen molar-refractivity contribution in [3.05, 3.63) is 77.9 Å². The molecule has 0 aliphatic rings. The fourth-order valence-corrected chi connectivity index (χ4v) is 2.47. The van der Waals surface area contributed by atoms with Crippen LogP contribution in [0.15, 0.2) is 61.2 Å². The average Bonchev–Trinajstić information content (AvgIpc) is 2.73. The van der Waals surface area contributed by atoms with E-state index in [4.69, 9.17) is 5.26 Å². The Balaban J connectivity index is 1.62. The molecule has 0 aliphatic carbocycles. The lowest BCUT2D eigenvalue weighted by Crippen LogP contribution is -2.23. The van der Waals surface area contributed by atoms with Crippen LogP contribution in [0.1, 0.15) is 21.5 Å². The molecule has 1 N–H and O–H groups in total. The first-order chi connectivity index (χ1) is 13.2. The maximum atomic E-state index is 12.4. The van der Waals surface area contributed by atoms with Gasteiger partial charge in [0.2, 0.25) is 5.95 Å². The van der Waals surface area contributed by atoms with E-state index in [-0.39, 0.29) is 5.91 Å². The van der Waals surface area contributed by atoms with Crippen molar-refractivity contribution < 1.29 is 4.79 Å². The molecule has 7 heteroatoms. The summed E-state index contributed by atoms with van der Waals surface area (Å²) in [5, 5.41) is 11.8. The molecule has 2 heterocycles. The summed E-state index contributed by atoms with van der Waals surface area (Å²) < 4.78 is 0. The van der Waals surface area contributed by atoms with E-state index in [2.05, 4.69) is 20.3 Å². The molecule has 3 rings (SSSR count). The van der Waals surface area contributed by atoms with E-state index in [0.29, 0.717) is 22.8 Å². The summed E-state index contributed by atoms with van der Waals surface area (Å²) in [6.45, 7) is 0.741. The number of pyridine rings is 1. The van der Waals surface area contributed by atoms with Crippen LogP contribution in [0.25, 0.3) is 0 Å². The molecule has 3 aromatic rings. The van der Waals surface area contributed by atoms with Crippen LogP contribution < -0.4 is 10.2 Å². The standard InChI is InChI=1S/C20H18N6O/c1-26(11-8-15-6-9-22-10-7-15)20-23-13-17(14-24-20)19(27)25-18-5-3-2-4-16(18)12-21/h2-7,9-10,13-14H,8,11H2,1H3,(H,25,27). The zero-order chi connectivity index (χ0) is 19.1. The first kappa shape index (κ1) is 18.0. The van der Waals surface area contributed by atoms with Crippen LogP contribution in [-0.2, 0) is 6.42 Å². The number of benzene rings is 1. The minimum Gasteiger partial charge on any atom is -0.344 e. The quantitative estimate of drug-likeness (QED) is 0.728. The van der Waals surface area contributed by atoms with Gasteiger partial charge < -0.3 is 10.2 Å². The molecule has 0 saturated heterocycles. The SMILES string of the molecule is CN(CCc1ccncc1)c1ncc(C(=O)Nc2ccccc2C#N)cn1. The second-order valence-corrected chi connectivity index (χ2v) is 5.91. The number of rotatable bonds is 6. The van der Waals surface area contributed by atoms with Crippen molar-refractivity contribution >= 4 is 17.5 Å². The summed E-state index contributed by atoms with van der Waals surface area (Å²) in [7, 11) is 1.90. The van der Waals surface area contributed by atoms with Gasteiger partial charge in [-0.25, -0.2) is 9.97 Å². The monoisotopic (exact) mass is 358 g/mol. The van der Waals surface area contributed by atoms with Crippen molar-refractivity contribution in [2.75, 3.05) is 23.8 Å². The Morgan fingerprint density at radius 2 is 1.85 bits per heavy atom. The molecule has 0 radical (unpaired) electrons.